The Kier molecular flexibility index (Phi) is 0.813. The molecule has 0 saturated carbocycles. The van der Waals surface area contributed by atoms with Crippen molar-refractivity contribution in [2.75, 3.05) is 0 Å². The van der Waals surface area contributed by atoms with Crippen LogP contribution in [0.25, 0.3) is 0 Å². The highest BCUT2D eigenvalue weighted by Gasteiger charge is 1.88. The van der Waals surface area contributed by atoms with Gasteiger partial charge in [-0.25, -0.2) is 0 Å². The van der Waals surface area contributed by atoms with Crippen LogP contribution >= 0.6 is 0 Å². The second-order valence-corrected chi connectivity index (χ2v) is 1.67. The number of rotatable bonds is 0. The molecule has 0 unspecified atom stereocenters. The average Bonchev–Trinajstić information content (AvgIpc) is 1.86. The summed E-state index contributed by atoms with van der Waals surface area (Å²) >= 11 is 0. The third-order valence-electron chi connectivity index (χ3n) is 1.01. The lowest BCUT2D eigenvalue weighted by atomic mass is 10.3. The molecule has 0 bridgehead atoms. The van der Waals surface area contributed by atoms with Crippen molar-refractivity contribution < 1.29 is 0 Å². The molecule has 0 aromatic carbocycles. The molecule has 0 amide bonds. The van der Waals surface area contributed by atoms with Crippen molar-refractivity contribution in [1.29, 1.82) is 0 Å². The lowest BCUT2D eigenvalue weighted by molar-refractivity contribution is 1.02. The van der Waals surface area contributed by atoms with Gasteiger partial charge in [0.15, 0.2) is 0 Å². The largest absolute Gasteiger partial charge is 0.126 e. The van der Waals surface area contributed by atoms with E-state index in [1.165, 1.54) is 18.4 Å². The fourth-order valence-electron chi connectivity index (χ4n) is 0.607. The van der Waals surface area contributed by atoms with Crippen LogP contribution in [0.5, 0.6) is 0 Å². The van der Waals surface area contributed by atoms with Gasteiger partial charge in [-0.05, 0) is 31.4 Å². The van der Waals surface area contributed by atoms with Crippen LogP contribution in [0.15, 0.2) is 17.4 Å². The minimum absolute atomic E-state index is 1.21. The van der Waals surface area contributed by atoms with Crippen molar-refractivity contribution in [3.05, 3.63) is 17.4 Å². The minimum atomic E-state index is 1.21. The van der Waals surface area contributed by atoms with Gasteiger partial charge < -0.3 is 0 Å². The van der Waals surface area contributed by atoms with Gasteiger partial charge in [0.25, 0.3) is 0 Å². The van der Waals surface area contributed by atoms with Gasteiger partial charge in [-0.1, -0.05) is 0 Å². The summed E-state index contributed by atoms with van der Waals surface area (Å²) in [6.07, 6.45) is 4.54. The SMILES string of the molecule is CC1=C=CCC1. The van der Waals surface area contributed by atoms with E-state index in [4.69, 9.17) is 0 Å². The normalized spacial score (nSPS) is 18.5. The lowest BCUT2D eigenvalue weighted by Gasteiger charge is -1.79. The van der Waals surface area contributed by atoms with Gasteiger partial charge in [0.05, 0.1) is 0 Å². The molecular formula is C6H8. The standard InChI is InChI=1S/C6H8/c1-6-4-2-3-5-6/h2H,3,5H2,1H3. The average molecular weight is 80.1 g/mol. The molecule has 0 saturated heterocycles. The van der Waals surface area contributed by atoms with E-state index in [1.807, 2.05) is 0 Å². The summed E-state index contributed by atoms with van der Waals surface area (Å²) in [6, 6.07) is 0. The summed E-state index contributed by atoms with van der Waals surface area (Å²) in [7, 11) is 0. The smallest absolute Gasteiger partial charge is 0.0206 e. The summed E-state index contributed by atoms with van der Waals surface area (Å²) in [6.45, 7) is 2.11. The molecule has 1 aliphatic carbocycles. The number of hydrogen-bond donors (Lipinski definition) is 0. The zero-order valence-corrected chi connectivity index (χ0v) is 3.99. The van der Waals surface area contributed by atoms with Crippen LogP contribution < -0.4 is 0 Å². The highest BCUT2D eigenvalue weighted by Crippen LogP contribution is 2.07. The first-order chi connectivity index (χ1) is 2.89. The Balaban J connectivity index is 2.71. The van der Waals surface area contributed by atoms with E-state index in [0.717, 1.165) is 0 Å². The fraction of sp³-hybridized carbons (Fsp3) is 0.500. The summed E-state index contributed by atoms with van der Waals surface area (Å²) in [5, 5.41) is 0. The van der Waals surface area contributed by atoms with E-state index in [-0.39, 0.29) is 0 Å². The first-order valence-corrected chi connectivity index (χ1v) is 2.30. The first kappa shape index (κ1) is 3.70. The van der Waals surface area contributed by atoms with Gasteiger partial charge in [0, 0.05) is 0 Å². The predicted octanol–water partition coefficient (Wildman–Crippen LogP) is 1.88. The predicted molar refractivity (Wildman–Crippen MR) is 26.5 cm³/mol. The van der Waals surface area contributed by atoms with Crippen LogP contribution in [0.3, 0.4) is 0 Å². The lowest BCUT2D eigenvalue weighted by Crippen LogP contribution is -1.61. The molecule has 0 heterocycles. The van der Waals surface area contributed by atoms with E-state index in [2.05, 4.69) is 18.7 Å². The Hall–Kier alpha value is -0.480. The van der Waals surface area contributed by atoms with E-state index < -0.39 is 0 Å². The Morgan fingerprint density at radius 2 is 2.67 bits per heavy atom. The molecule has 0 aliphatic heterocycles. The molecule has 0 atom stereocenters. The molecule has 0 spiro atoms. The maximum atomic E-state index is 3.11. The first-order valence-electron chi connectivity index (χ1n) is 2.30. The second kappa shape index (κ2) is 1.32. The van der Waals surface area contributed by atoms with Crippen molar-refractivity contribution in [2.45, 2.75) is 19.8 Å². The van der Waals surface area contributed by atoms with Crippen LogP contribution in [0, 0.1) is 0 Å². The highest BCUT2D eigenvalue weighted by atomic mass is 13.9. The molecule has 1 rings (SSSR count). The number of allylic oxidation sites excluding steroid dienone is 1. The van der Waals surface area contributed by atoms with Crippen LogP contribution in [-0.2, 0) is 0 Å². The summed E-state index contributed by atoms with van der Waals surface area (Å²) in [5.41, 5.74) is 4.51. The maximum Gasteiger partial charge on any atom is -0.0206 e. The summed E-state index contributed by atoms with van der Waals surface area (Å²) < 4.78 is 0. The molecule has 0 aromatic heterocycles. The fourth-order valence-corrected chi connectivity index (χ4v) is 0.607. The zero-order valence-electron chi connectivity index (χ0n) is 3.99. The van der Waals surface area contributed by atoms with Crippen molar-refractivity contribution in [1.82, 2.24) is 0 Å². The molecule has 0 heteroatoms. The van der Waals surface area contributed by atoms with Gasteiger partial charge >= 0.3 is 0 Å². The van der Waals surface area contributed by atoms with Crippen molar-refractivity contribution in [2.24, 2.45) is 0 Å². The van der Waals surface area contributed by atoms with Crippen molar-refractivity contribution in [3.8, 4) is 0 Å². The van der Waals surface area contributed by atoms with E-state index in [0.29, 0.717) is 0 Å². The van der Waals surface area contributed by atoms with E-state index >= 15 is 0 Å². The monoisotopic (exact) mass is 80.1 g/mol. The number of hydrogen-bond acceptors (Lipinski definition) is 0. The Labute approximate surface area is 38.2 Å². The van der Waals surface area contributed by atoms with Gasteiger partial charge in [-0.2, -0.15) is 0 Å². The molecule has 1 aliphatic rings. The topological polar surface area (TPSA) is 0 Å². The van der Waals surface area contributed by atoms with Gasteiger partial charge in [-0.15, -0.1) is 5.73 Å². The van der Waals surface area contributed by atoms with Crippen LogP contribution in [0.2, 0.25) is 0 Å². The molecular weight excluding hydrogens is 72.1 g/mol. The molecule has 0 radical (unpaired) electrons. The van der Waals surface area contributed by atoms with Crippen molar-refractivity contribution in [3.63, 3.8) is 0 Å². The molecule has 0 N–H and O–H groups in total. The Morgan fingerprint density at radius 1 is 1.83 bits per heavy atom. The zero-order chi connectivity index (χ0) is 4.41. The molecule has 0 fully saturated rings. The third-order valence-corrected chi connectivity index (χ3v) is 1.01. The van der Waals surface area contributed by atoms with E-state index in [1.54, 1.807) is 0 Å². The van der Waals surface area contributed by atoms with Crippen LogP contribution in [0.4, 0.5) is 0 Å². The maximum absolute atomic E-state index is 3.11. The van der Waals surface area contributed by atoms with E-state index in [9.17, 15) is 0 Å². The summed E-state index contributed by atoms with van der Waals surface area (Å²) in [4.78, 5) is 0. The molecule has 32 valence electrons. The van der Waals surface area contributed by atoms with Gasteiger partial charge in [0.1, 0.15) is 0 Å². The molecule has 0 aromatic rings. The second-order valence-electron chi connectivity index (χ2n) is 1.67. The quantitative estimate of drug-likeness (QED) is 0.390. The minimum Gasteiger partial charge on any atom is -0.126 e. The van der Waals surface area contributed by atoms with Gasteiger partial charge in [0.2, 0.25) is 0 Å². The van der Waals surface area contributed by atoms with Crippen LogP contribution in [-0.4, -0.2) is 0 Å². The van der Waals surface area contributed by atoms with Crippen molar-refractivity contribution >= 4 is 0 Å². The Morgan fingerprint density at radius 3 is 2.83 bits per heavy atom. The summed E-state index contributed by atoms with van der Waals surface area (Å²) in [5.74, 6) is 0. The van der Waals surface area contributed by atoms with Crippen LogP contribution in [0.1, 0.15) is 19.8 Å². The highest BCUT2D eigenvalue weighted by molar-refractivity contribution is 5.05. The van der Waals surface area contributed by atoms with Gasteiger partial charge in [-0.3, -0.25) is 0 Å². The molecule has 0 nitrogen and oxygen atoms in total. The molecule has 6 heavy (non-hydrogen) atoms. The third kappa shape index (κ3) is 0.526. The Bertz CT molecular complexity index is 103.